The molecule has 250 valence electrons. The summed E-state index contributed by atoms with van der Waals surface area (Å²) < 4.78 is 56.5. The quantitative estimate of drug-likeness (QED) is 0.191. The van der Waals surface area contributed by atoms with Crippen LogP contribution in [0.15, 0.2) is 60.6 Å². The van der Waals surface area contributed by atoms with Crippen molar-refractivity contribution in [1.29, 1.82) is 0 Å². The van der Waals surface area contributed by atoms with E-state index in [1.807, 2.05) is 45.3 Å². The van der Waals surface area contributed by atoms with Gasteiger partial charge in [-0.15, -0.1) is 11.3 Å². The van der Waals surface area contributed by atoms with Crippen LogP contribution in [0.25, 0.3) is 54.8 Å². The smallest absolute Gasteiger partial charge is 0.257 e. The fourth-order valence-corrected chi connectivity index (χ4v) is 7.31. The number of rotatable bonds is 7. The van der Waals surface area contributed by atoms with Gasteiger partial charge < -0.3 is 15.0 Å². The summed E-state index contributed by atoms with van der Waals surface area (Å²) in [6.45, 7) is 7.21. The van der Waals surface area contributed by atoms with E-state index in [9.17, 15) is 14.0 Å². The Labute approximate surface area is 282 Å². The summed E-state index contributed by atoms with van der Waals surface area (Å²) in [7, 11) is 3.21. The van der Waals surface area contributed by atoms with E-state index in [1.165, 1.54) is 18.5 Å². The molecule has 0 aliphatic carbocycles. The number of aryl methyl sites for hydroxylation is 1. The maximum atomic E-state index is 16.2. The number of pyridine rings is 1. The number of fused-ring (bicyclic) bond motifs is 3. The molecule has 0 radical (unpaired) electrons. The average molecular weight is 686 g/mol. The second kappa shape index (κ2) is 12.2. The Morgan fingerprint density at radius 1 is 1.08 bits per heavy atom. The van der Waals surface area contributed by atoms with Crippen molar-refractivity contribution in [2.24, 2.45) is 7.05 Å². The molecule has 2 atom stereocenters. The summed E-state index contributed by atoms with van der Waals surface area (Å²) in [5, 5.41) is 14.0. The van der Waals surface area contributed by atoms with E-state index in [0.717, 1.165) is 22.8 Å². The molecule has 2 aromatic carbocycles. The van der Waals surface area contributed by atoms with Crippen LogP contribution in [0.2, 0.25) is 0 Å². The molecule has 4 aromatic heterocycles. The summed E-state index contributed by atoms with van der Waals surface area (Å²) in [4.78, 5) is 31.6. The SMILES string of the molecule is C=CC(=O)N1C[C@H](C)n2nc(-c3nc(-c4ccc5cn(C)nc5c4)c4scc(F)c4c3-c3c(F)cc(F)cc3OCC(=O)NC)cc2[C@H]1C. The Hall–Kier alpha value is -5.50. The maximum Gasteiger partial charge on any atom is 0.257 e. The number of benzene rings is 2. The summed E-state index contributed by atoms with van der Waals surface area (Å²) in [6.07, 6.45) is 3.13. The Morgan fingerprint density at radius 3 is 2.63 bits per heavy atom. The van der Waals surface area contributed by atoms with Gasteiger partial charge in [-0.25, -0.2) is 18.2 Å². The molecular formula is C35H30F3N7O3S. The van der Waals surface area contributed by atoms with Gasteiger partial charge in [0, 0.05) is 66.2 Å². The van der Waals surface area contributed by atoms with E-state index in [-0.39, 0.29) is 45.6 Å². The van der Waals surface area contributed by atoms with Crippen LogP contribution < -0.4 is 10.1 Å². The van der Waals surface area contributed by atoms with Crippen molar-refractivity contribution in [1.82, 2.24) is 34.8 Å². The van der Waals surface area contributed by atoms with E-state index in [0.29, 0.717) is 39.8 Å². The minimum atomic E-state index is -1.04. The van der Waals surface area contributed by atoms with Gasteiger partial charge in [0.2, 0.25) is 5.91 Å². The number of carbonyl (C=O) groups is 2. The van der Waals surface area contributed by atoms with Gasteiger partial charge in [-0.1, -0.05) is 18.7 Å². The first-order chi connectivity index (χ1) is 23.5. The number of ether oxygens (including phenoxy) is 1. The Balaban J connectivity index is 1.55. The molecule has 10 nitrogen and oxygen atoms in total. The zero-order chi connectivity index (χ0) is 34.7. The van der Waals surface area contributed by atoms with Crippen molar-refractivity contribution in [2.75, 3.05) is 20.2 Å². The lowest BCUT2D eigenvalue weighted by Gasteiger charge is -2.36. The monoisotopic (exact) mass is 685 g/mol. The molecule has 5 heterocycles. The predicted octanol–water partition coefficient (Wildman–Crippen LogP) is 6.57. The van der Waals surface area contributed by atoms with Crippen LogP contribution in [0.1, 0.15) is 31.6 Å². The third-order valence-corrected chi connectivity index (χ3v) is 9.67. The molecule has 7 rings (SSSR count). The molecule has 49 heavy (non-hydrogen) atoms. The summed E-state index contributed by atoms with van der Waals surface area (Å²) >= 11 is 1.09. The molecule has 1 N–H and O–H groups in total. The molecule has 0 unspecified atom stereocenters. The van der Waals surface area contributed by atoms with Gasteiger partial charge in [-0.3, -0.25) is 19.0 Å². The third-order valence-electron chi connectivity index (χ3n) is 8.71. The highest BCUT2D eigenvalue weighted by atomic mass is 32.1. The number of nitrogens with zero attached hydrogens (tertiary/aromatic N) is 6. The Morgan fingerprint density at radius 2 is 1.88 bits per heavy atom. The molecule has 2 amide bonds. The van der Waals surface area contributed by atoms with Gasteiger partial charge in [0.05, 0.1) is 39.3 Å². The molecule has 1 aliphatic heterocycles. The van der Waals surface area contributed by atoms with Crippen molar-refractivity contribution in [2.45, 2.75) is 25.9 Å². The normalized spacial score (nSPS) is 15.9. The molecule has 0 saturated carbocycles. The molecule has 0 fully saturated rings. The van der Waals surface area contributed by atoms with Crippen LogP contribution in [-0.2, 0) is 16.6 Å². The van der Waals surface area contributed by atoms with E-state index in [2.05, 4.69) is 17.0 Å². The van der Waals surface area contributed by atoms with Crippen LogP contribution in [-0.4, -0.2) is 61.5 Å². The maximum absolute atomic E-state index is 16.2. The van der Waals surface area contributed by atoms with Gasteiger partial charge >= 0.3 is 0 Å². The predicted molar refractivity (Wildman–Crippen MR) is 180 cm³/mol. The van der Waals surface area contributed by atoms with Gasteiger partial charge in [-0.2, -0.15) is 10.2 Å². The number of halogens is 3. The van der Waals surface area contributed by atoms with E-state index in [1.54, 1.807) is 20.3 Å². The first-order valence-electron chi connectivity index (χ1n) is 15.4. The summed E-state index contributed by atoms with van der Waals surface area (Å²) in [5.41, 5.74) is 2.47. The van der Waals surface area contributed by atoms with E-state index >= 15 is 8.78 Å². The number of nitrogens with one attached hydrogen (secondary N) is 1. The summed E-state index contributed by atoms with van der Waals surface area (Å²) in [5.74, 6) is -3.74. The Kier molecular flexibility index (Phi) is 7.98. The van der Waals surface area contributed by atoms with Crippen molar-refractivity contribution in [3.05, 3.63) is 83.8 Å². The van der Waals surface area contributed by atoms with Crippen LogP contribution in [0.4, 0.5) is 13.2 Å². The minimum Gasteiger partial charge on any atom is -0.483 e. The first-order valence-corrected chi connectivity index (χ1v) is 16.3. The fourth-order valence-electron chi connectivity index (χ4n) is 6.38. The first kappa shape index (κ1) is 32.1. The van der Waals surface area contributed by atoms with Crippen molar-refractivity contribution in [3.8, 4) is 39.5 Å². The molecular weight excluding hydrogens is 655 g/mol. The van der Waals surface area contributed by atoms with E-state index < -0.39 is 36.0 Å². The van der Waals surface area contributed by atoms with Gasteiger partial charge in [-0.05, 0) is 32.1 Å². The molecule has 0 bridgehead atoms. The Bertz CT molecular complexity index is 2330. The lowest BCUT2D eigenvalue weighted by molar-refractivity contribution is -0.129. The molecule has 0 spiro atoms. The number of amides is 2. The molecule has 0 saturated heterocycles. The van der Waals surface area contributed by atoms with E-state index in [4.69, 9.17) is 14.8 Å². The third kappa shape index (κ3) is 5.41. The van der Waals surface area contributed by atoms with Crippen LogP contribution in [0.3, 0.4) is 0 Å². The number of aromatic nitrogens is 5. The number of likely N-dealkylation sites (N-methyl/N-ethyl adjacent to an activating group) is 1. The topological polar surface area (TPSA) is 107 Å². The number of carbonyl (C=O) groups excluding carboxylic acids is 2. The van der Waals surface area contributed by atoms with Gasteiger partial charge in [0.1, 0.15) is 34.6 Å². The zero-order valence-electron chi connectivity index (χ0n) is 26.9. The van der Waals surface area contributed by atoms with Gasteiger partial charge in [0.15, 0.2) is 6.61 Å². The second-order valence-electron chi connectivity index (χ2n) is 11.9. The standard InChI is InChI=1S/C35H30F3N7O3S/c1-6-29(47)44-13-17(2)45-26(18(44)3)12-25(42-45)34-32(30-22(37)10-21(36)11-27(30)48-15-28(46)39-4)31-23(38)16-49-35(31)33(40-34)19-7-8-20-14-43(5)41-24(20)9-19/h6-12,14,16-18H,1,13,15H2,2-5H3,(H,39,46)/t17-,18+/m0/s1. The highest BCUT2D eigenvalue weighted by Crippen LogP contribution is 2.48. The molecule has 1 aliphatic rings. The number of hydrogen-bond donors (Lipinski definition) is 1. The molecule has 14 heteroatoms. The highest BCUT2D eigenvalue weighted by molar-refractivity contribution is 7.17. The lowest BCUT2D eigenvalue weighted by atomic mass is 9.94. The van der Waals surface area contributed by atoms with Gasteiger partial charge in [0.25, 0.3) is 5.91 Å². The lowest BCUT2D eigenvalue weighted by Crippen LogP contribution is -2.42. The second-order valence-corrected chi connectivity index (χ2v) is 12.8. The minimum absolute atomic E-state index is 0.0180. The zero-order valence-corrected chi connectivity index (χ0v) is 27.7. The number of thiophene rings is 1. The van der Waals surface area contributed by atoms with Crippen molar-refractivity contribution >= 4 is 44.1 Å². The number of hydrogen-bond acceptors (Lipinski definition) is 7. The van der Waals surface area contributed by atoms with Crippen molar-refractivity contribution in [3.63, 3.8) is 0 Å². The summed E-state index contributed by atoms with van der Waals surface area (Å²) in [6, 6.07) is 8.28. The van der Waals surface area contributed by atoms with Crippen LogP contribution in [0.5, 0.6) is 5.75 Å². The fraction of sp³-hybridized carbons (Fsp3) is 0.229. The van der Waals surface area contributed by atoms with Crippen LogP contribution in [0, 0.1) is 17.5 Å². The molecule has 6 aromatic rings. The average Bonchev–Trinajstić information content (AvgIpc) is 3.80. The van der Waals surface area contributed by atoms with Crippen molar-refractivity contribution < 1.29 is 27.5 Å². The largest absolute Gasteiger partial charge is 0.483 e. The van der Waals surface area contributed by atoms with Crippen LogP contribution >= 0.6 is 11.3 Å². The highest BCUT2D eigenvalue weighted by Gasteiger charge is 2.34.